The summed E-state index contributed by atoms with van der Waals surface area (Å²) in [4.78, 5) is 25.7. The van der Waals surface area contributed by atoms with Crippen molar-refractivity contribution in [2.24, 2.45) is 5.92 Å². The number of esters is 2. The van der Waals surface area contributed by atoms with Crippen molar-refractivity contribution in [3.63, 3.8) is 0 Å². The van der Waals surface area contributed by atoms with Crippen LogP contribution in [0.5, 0.6) is 11.5 Å². The van der Waals surface area contributed by atoms with E-state index < -0.39 is 5.97 Å². The lowest BCUT2D eigenvalue weighted by molar-refractivity contribution is -0.139. The Balaban J connectivity index is 1.39. The first-order chi connectivity index (χ1) is 16.7. The van der Waals surface area contributed by atoms with Gasteiger partial charge in [-0.3, -0.25) is 4.79 Å². The fourth-order valence-electron chi connectivity index (χ4n) is 4.56. The van der Waals surface area contributed by atoms with Crippen molar-refractivity contribution in [3.8, 4) is 22.6 Å². The van der Waals surface area contributed by atoms with Gasteiger partial charge in [0, 0.05) is 0 Å². The van der Waals surface area contributed by atoms with E-state index in [-0.39, 0.29) is 11.9 Å². The molecule has 1 aliphatic carbocycles. The van der Waals surface area contributed by atoms with E-state index in [2.05, 4.69) is 0 Å². The van der Waals surface area contributed by atoms with Crippen molar-refractivity contribution >= 4 is 22.7 Å². The van der Waals surface area contributed by atoms with Crippen molar-refractivity contribution in [2.45, 2.75) is 32.1 Å². The van der Waals surface area contributed by atoms with E-state index in [0.29, 0.717) is 22.4 Å². The summed E-state index contributed by atoms with van der Waals surface area (Å²) in [6, 6.07) is 28.3. The van der Waals surface area contributed by atoms with E-state index in [1.807, 2.05) is 66.7 Å². The highest BCUT2D eigenvalue weighted by atomic mass is 16.5. The van der Waals surface area contributed by atoms with Gasteiger partial charge in [0.25, 0.3) is 0 Å². The van der Waals surface area contributed by atoms with Gasteiger partial charge in [-0.15, -0.1) is 0 Å². The lowest BCUT2D eigenvalue weighted by atomic mass is 9.89. The monoisotopic (exact) mass is 450 g/mol. The molecule has 170 valence electrons. The number of carbonyl (C=O) groups is 2. The van der Waals surface area contributed by atoms with Crippen molar-refractivity contribution in [1.82, 2.24) is 0 Å². The molecule has 1 fully saturated rings. The van der Waals surface area contributed by atoms with E-state index in [1.54, 1.807) is 24.3 Å². The molecule has 0 radical (unpaired) electrons. The molecule has 0 saturated heterocycles. The molecule has 0 spiro atoms. The third kappa shape index (κ3) is 4.72. The second-order valence-corrected chi connectivity index (χ2v) is 8.70. The first-order valence-corrected chi connectivity index (χ1v) is 11.8. The standard InChI is InChI=1S/C30H26O4/c31-29(24-11-5-2-6-12-24)33-26-15-7-13-23-14-8-16-27(28(23)26)34-30(32)25-19-17-22(18-20-25)21-9-3-1-4-10-21/h1,3-4,7-10,13-20,24H,2,5-6,11-12H2. The summed E-state index contributed by atoms with van der Waals surface area (Å²) in [5.74, 6) is 0.0739. The van der Waals surface area contributed by atoms with Crippen molar-refractivity contribution < 1.29 is 19.1 Å². The Morgan fingerprint density at radius 3 is 1.91 bits per heavy atom. The van der Waals surface area contributed by atoms with Crippen molar-refractivity contribution in [1.29, 1.82) is 0 Å². The normalized spacial score (nSPS) is 14.0. The molecule has 4 aromatic carbocycles. The van der Waals surface area contributed by atoms with Crippen molar-refractivity contribution in [3.05, 3.63) is 96.6 Å². The number of hydrogen-bond acceptors (Lipinski definition) is 4. The molecule has 0 atom stereocenters. The lowest BCUT2D eigenvalue weighted by Gasteiger charge is -2.20. The lowest BCUT2D eigenvalue weighted by Crippen LogP contribution is -2.22. The zero-order chi connectivity index (χ0) is 23.3. The summed E-state index contributed by atoms with van der Waals surface area (Å²) in [5, 5.41) is 1.47. The average molecular weight is 451 g/mol. The molecule has 4 heteroatoms. The Bertz CT molecular complexity index is 1300. The summed E-state index contributed by atoms with van der Waals surface area (Å²) in [6.45, 7) is 0. The van der Waals surface area contributed by atoms with Gasteiger partial charge in [-0.1, -0.05) is 86.0 Å². The Kier molecular flexibility index (Phi) is 6.39. The van der Waals surface area contributed by atoms with E-state index in [4.69, 9.17) is 9.47 Å². The summed E-state index contributed by atoms with van der Waals surface area (Å²) in [6.07, 6.45) is 5.02. The van der Waals surface area contributed by atoms with Gasteiger partial charge in [-0.25, -0.2) is 4.79 Å². The summed E-state index contributed by atoms with van der Waals surface area (Å²) in [7, 11) is 0. The molecule has 0 aliphatic heterocycles. The van der Waals surface area contributed by atoms with Crippen LogP contribution in [0.3, 0.4) is 0 Å². The van der Waals surface area contributed by atoms with Crippen molar-refractivity contribution in [2.75, 3.05) is 0 Å². The minimum atomic E-state index is -0.458. The maximum absolute atomic E-state index is 13.0. The minimum absolute atomic E-state index is 0.0677. The molecule has 1 saturated carbocycles. The van der Waals surface area contributed by atoms with Crippen LogP contribution in [0.4, 0.5) is 0 Å². The molecule has 0 N–H and O–H groups in total. The van der Waals surface area contributed by atoms with Gasteiger partial charge >= 0.3 is 11.9 Å². The number of benzene rings is 4. The summed E-state index contributed by atoms with van der Waals surface area (Å²) in [5.41, 5.74) is 2.56. The molecule has 0 bridgehead atoms. The van der Waals surface area contributed by atoms with E-state index in [0.717, 1.165) is 42.2 Å². The largest absolute Gasteiger partial charge is 0.426 e. The Hall–Kier alpha value is -3.92. The van der Waals surface area contributed by atoms with Gasteiger partial charge in [-0.2, -0.15) is 0 Å². The molecule has 34 heavy (non-hydrogen) atoms. The zero-order valence-electron chi connectivity index (χ0n) is 18.9. The molecule has 4 aromatic rings. The van der Waals surface area contributed by atoms with Crippen LogP contribution < -0.4 is 9.47 Å². The minimum Gasteiger partial charge on any atom is -0.426 e. The van der Waals surface area contributed by atoms with Crippen LogP contribution in [0.2, 0.25) is 0 Å². The van der Waals surface area contributed by atoms with Gasteiger partial charge in [0.15, 0.2) is 0 Å². The van der Waals surface area contributed by atoms with E-state index >= 15 is 0 Å². The van der Waals surface area contributed by atoms with Crippen LogP contribution >= 0.6 is 0 Å². The third-order valence-corrected chi connectivity index (χ3v) is 6.41. The van der Waals surface area contributed by atoms with Crippen LogP contribution in [-0.4, -0.2) is 11.9 Å². The predicted molar refractivity (Wildman–Crippen MR) is 133 cm³/mol. The molecule has 5 rings (SSSR count). The Labute approximate surface area is 199 Å². The molecular formula is C30H26O4. The first-order valence-electron chi connectivity index (χ1n) is 11.8. The highest BCUT2D eigenvalue weighted by molar-refractivity contribution is 5.99. The van der Waals surface area contributed by atoms with Crippen LogP contribution in [-0.2, 0) is 4.79 Å². The van der Waals surface area contributed by atoms with Crippen LogP contribution in [0.15, 0.2) is 91.0 Å². The fraction of sp³-hybridized carbons (Fsp3) is 0.200. The van der Waals surface area contributed by atoms with Gasteiger partial charge in [0.2, 0.25) is 0 Å². The highest BCUT2D eigenvalue weighted by Crippen LogP contribution is 2.36. The van der Waals surface area contributed by atoms with Crippen LogP contribution in [0, 0.1) is 5.92 Å². The molecule has 0 amide bonds. The van der Waals surface area contributed by atoms with Gasteiger partial charge in [0.1, 0.15) is 11.5 Å². The van der Waals surface area contributed by atoms with E-state index in [1.165, 1.54) is 6.42 Å². The molecule has 0 aromatic heterocycles. The highest BCUT2D eigenvalue weighted by Gasteiger charge is 2.24. The third-order valence-electron chi connectivity index (χ3n) is 6.41. The Morgan fingerprint density at radius 2 is 1.24 bits per heavy atom. The quantitative estimate of drug-likeness (QED) is 0.238. The maximum atomic E-state index is 13.0. The second kappa shape index (κ2) is 9.92. The number of rotatable bonds is 5. The summed E-state index contributed by atoms with van der Waals surface area (Å²) < 4.78 is 11.6. The molecule has 4 nitrogen and oxygen atoms in total. The first kappa shape index (κ1) is 21.9. The molecule has 0 heterocycles. The van der Waals surface area contributed by atoms with Crippen LogP contribution in [0.25, 0.3) is 21.9 Å². The number of fused-ring (bicyclic) bond motifs is 1. The van der Waals surface area contributed by atoms with Gasteiger partial charge < -0.3 is 9.47 Å². The van der Waals surface area contributed by atoms with Crippen LogP contribution in [0.1, 0.15) is 42.5 Å². The van der Waals surface area contributed by atoms with Gasteiger partial charge in [-0.05, 0) is 53.6 Å². The number of hydrogen-bond donors (Lipinski definition) is 0. The maximum Gasteiger partial charge on any atom is 0.343 e. The smallest absolute Gasteiger partial charge is 0.343 e. The fourth-order valence-corrected chi connectivity index (χ4v) is 4.56. The predicted octanol–water partition coefficient (Wildman–Crippen LogP) is 7.21. The molecule has 1 aliphatic rings. The number of carbonyl (C=O) groups excluding carboxylic acids is 2. The SMILES string of the molecule is O=C(Oc1cccc2cccc(OC(=O)C3CCCCC3)c12)c1ccc(-c2ccccc2)cc1. The Morgan fingerprint density at radius 1 is 0.618 bits per heavy atom. The van der Waals surface area contributed by atoms with E-state index in [9.17, 15) is 9.59 Å². The molecular weight excluding hydrogens is 424 g/mol. The zero-order valence-corrected chi connectivity index (χ0v) is 18.9. The second-order valence-electron chi connectivity index (χ2n) is 8.70. The molecule has 0 unspecified atom stereocenters. The van der Waals surface area contributed by atoms with Gasteiger partial charge in [0.05, 0.1) is 16.9 Å². The number of ether oxygens (including phenoxy) is 2. The summed E-state index contributed by atoms with van der Waals surface area (Å²) >= 11 is 0. The topological polar surface area (TPSA) is 52.6 Å². The average Bonchev–Trinajstić information content (AvgIpc) is 2.90.